The Balaban J connectivity index is 2.39. The first-order chi connectivity index (χ1) is 11.4. The summed E-state index contributed by atoms with van der Waals surface area (Å²) in [5.74, 6) is 0. The zero-order chi connectivity index (χ0) is 17.6. The SMILES string of the molecule is COC[C@H](N)CCC(C)(C)[Si](O)(c1ccccc1)c1ccccc1. The monoisotopic (exact) mass is 343 g/mol. The molecule has 2 rings (SSSR count). The van der Waals surface area contributed by atoms with Gasteiger partial charge in [-0.15, -0.1) is 0 Å². The van der Waals surface area contributed by atoms with Gasteiger partial charge in [0.1, 0.15) is 0 Å². The summed E-state index contributed by atoms with van der Waals surface area (Å²) in [5, 5.41) is 1.84. The van der Waals surface area contributed by atoms with Crippen LogP contribution in [0, 0.1) is 0 Å². The fraction of sp³-hybridized carbons (Fsp3) is 0.400. The van der Waals surface area contributed by atoms with Crippen molar-refractivity contribution >= 4 is 18.7 Å². The molecule has 2 aromatic rings. The van der Waals surface area contributed by atoms with Crippen molar-refractivity contribution in [3.8, 4) is 0 Å². The van der Waals surface area contributed by atoms with Gasteiger partial charge in [-0.1, -0.05) is 74.5 Å². The van der Waals surface area contributed by atoms with Gasteiger partial charge in [0.05, 0.1) is 6.61 Å². The van der Waals surface area contributed by atoms with E-state index in [1.165, 1.54) is 0 Å². The highest BCUT2D eigenvalue weighted by Crippen LogP contribution is 2.40. The summed E-state index contributed by atoms with van der Waals surface area (Å²) in [5.41, 5.74) is 6.12. The fourth-order valence-electron chi connectivity index (χ4n) is 3.33. The van der Waals surface area contributed by atoms with Crippen LogP contribution in [0.1, 0.15) is 26.7 Å². The van der Waals surface area contributed by atoms with Crippen LogP contribution in [0.25, 0.3) is 0 Å². The van der Waals surface area contributed by atoms with Gasteiger partial charge in [0.25, 0.3) is 8.32 Å². The number of hydrogen-bond acceptors (Lipinski definition) is 3. The lowest BCUT2D eigenvalue weighted by molar-refractivity contribution is 0.174. The van der Waals surface area contributed by atoms with E-state index in [1.807, 2.05) is 36.4 Å². The van der Waals surface area contributed by atoms with Gasteiger partial charge in [-0.3, -0.25) is 0 Å². The summed E-state index contributed by atoms with van der Waals surface area (Å²) in [6.07, 6.45) is 1.68. The van der Waals surface area contributed by atoms with E-state index in [1.54, 1.807) is 7.11 Å². The third-order valence-corrected chi connectivity index (χ3v) is 9.43. The van der Waals surface area contributed by atoms with Crippen molar-refractivity contribution in [2.75, 3.05) is 13.7 Å². The topological polar surface area (TPSA) is 55.5 Å². The van der Waals surface area contributed by atoms with Gasteiger partial charge in [-0.05, 0) is 28.3 Å². The average Bonchev–Trinajstić information content (AvgIpc) is 2.61. The molecule has 3 nitrogen and oxygen atoms in total. The maximum atomic E-state index is 12.0. The van der Waals surface area contributed by atoms with Gasteiger partial charge in [0.2, 0.25) is 0 Å². The van der Waals surface area contributed by atoms with Crippen molar-refractivity contribution in [1.82, 2.24) is 0 Å². The lowest BCUT2D eigenvalue weighted by Gasteiger charge is -2.41. The number of hydrogen-bond donors (Lipinski definition) is 2. The summed E-state index contributed by atoms with van der Waals surface area (Å²) in [7, 11) is -1.24. The molecule has 0 radical (unpaired) electrons. The van der Waals surface area contributed by atoms with Gasteiger partial charge >= 0.3 is 0 Å². The molecule has 4 heteroatoms. The smallest absolute Gasteiger partial charge is 0.258 e. The zero-order valence-electron chi connectivity index (χ0n) is 14.9. The Morgan fingerprint density at radius 2 is 1.46 bits per heavy atom. The summed E-state index contributed by atoms with van der Waals surface area (Å²) in [6.45, 7) is 4.88. The molecule has 0 spiro atoms. The van der Waals surface area contributed by atoms with Crippen molar-refractivity contribution < 1.29 is 9.53 Å². The lowest BCUT2D eigenvalue weighted by atomic mass is 10.0. The van der Waals surface area contributed by atoms with Crippen LogP contribution in [0.5, 0.6) is 0 Å². The maximum Gasteiger partial charge on any atom is 0.258 e. The van der Waals surface area contributed by atoms with E-state index in [9.17, 15) is 4.80 Å². The first-order valence-corrected chi connectivity index (χ1v) is 10.4. The van der Waals surface area contributed by atoms with Crippen molar-refractivity contribution in [3.05, 3.63) is 60.7 Å². The number of ether oxygens (including phenoxy) is 1. The van der Waals surface area contributed by atoms with E-state index in [-0.39, 0.29) is 11.1 Å². The molecular weight excluding hydrogens is 314 g/mol. The standard InChI is InChI=1S/C20H29NO2Si/c1-20(2,15-14-17(21)16-23-3)24(22,18-10-6-4-7-11-18)19-12-8-5-9-13-19/h4-13,17,22H,14-16,21H2,1-3H3/t17-/m1/s1. The van der Waals surface area contributed by atoms with E-state index in [0.717, 1.165) is 23.2 Å². The van der Waals surface area contributed by atoms with Gasteiger partial charge in [0.15, 0.2) is 0 Å². The Hall–Kier alpha value is -1.46. The Kier molecular flexibility index (Phi) is 6.35. The first-order valence-electron chi connectivity index (χ1n) is 8.50. The molecule has 0 unspecified atom stereocenters. The molecule has 0 bridgehead atoms. The Labute approximate surface area is 146 Å². The van der Waals surface area contributed by atoms with Crippen molar-refractivity contribution in [1.29, 1.82) is 0 Å². The van der Waals surface area contributed by atoms with Crippen molar-refractivity contribution in [3.63, 3.8) is 0 Å². The Morgan fingerprint density at radius 1 is 1.00 bits per heavy atom. The summed E-state index contributed by atoms with van der Waals surface area (Å²) < 4.78 is 5.15. The first kappa shape index (κ1) is 18.9. The third-order valence-electron chi connectivity index (χ3n) is 4.88. The second-order valence-electron chi connectivity index (χ2n) is 7.08. The van der Waals surface area contributed by atoms with Crippen LogP contribution >= 0.6 is 0 Å². The minimum absolute atomic E-state index is 0.000860. The highest BCUT2D eigenvalue weighted by Gasteiger charge is 2.49. The molecule has 0 aromatic heterocycles. The average molecular weight is 344 g/mol. The second-order valence-corrected chi connectivity index (χ2v) is 11.0. The minimum atomic E-state index is -2.92. The van der Waals surface area contributed by atoms with Crippen molar-refractivity contribution in [2.45, 2.75) is 37.8 Å². The van der Waals surface area contributed by atoms with Crippen LogP contribution < -0.4 is 16.1 Å². The number of benzene rings is 2. The van der Waals surface area contributed by atoms with E-state index < -0.39 is 8.32 Å². The Morgan fingerprint density at radius 3 is 1.88 bits per heavy atom. The predicted octanol–water partition coefficient (Wildman–Crippen LogP) is 2.27. The Bertz CT molecular complexity index is 577. The van der Waals surface area contributed by atoms with Gasteiger partial charge in [0, 0.05) is 13.2 Å². The molecule has 1 atom stereocenters. The lowest BCUT2D eigenvalue weighted by Crippen LogP contribution is -2.65. The van der Waals surface area contributed by atoms with Crippen LogP contribution in [-0.2, 0) is 4.74 Å². The molecule has 0 aliphatic heterocycles. The molecule has 130 valence electrons. The van der Waals surface area contributed by atoms with E-state index in [2.05, 4.69) is 38.1 Å². The molecule has 0 aliphatic rings. The molecular formula is C20H29NO2Si. The molecule has 0 aliphatic carbocycles. The minimum Gasteiger partial charge on any atom is -0.424 e. The summed E-state index contributed by atoms with van der Waals surface area (Å²) in [4.78, 5) is 12.0. The predicted molar refractivity (Wildman–Crippen MR) is 103 cm³/mol. The normalized spacial score (nSPS) is 13.7. The van der Waals surface area contributed by atoms with Crippen LogP contribution in [0.3, 0.4) is 0 Å². The van der Waals surface area contributed by atoms with E-state index >= 15 is 0 Å². The van der Waals surface area contributed by atoms with E-state index in [4.69, 9.17) is 10.5 Å². The largest absolute Gasteiger partial charge is 0.424 e. The molecule has 0 heterocycles. The van der Waals surface area contributed by atoms with Crippen LogP contribution in [0.2, 0.25) is 5.04 Å². The van der Waals surface area contributed by atoms with Crippen LogP contribution in [0.15, 0.2) is 60.7 Å². The second kappa shape index (κ2) is 8.08. The zero-order valence-corrected chi connectivity index (χ0v) is 15.9. The van der Waals surface area contributed by atoms with Crippen LogP contribution in [0.4, 0.5) is 0 Å². The third kappa shape index (κ3) is 3.95. The van der Waals surface area contributed by atoms with Crippen molar-refractivity contribution in [2.24, 2.45) is 5.73 Å². The van der Waals surface area contributed by atoms with Crippen LogP contribution in [-0.4, -0.2) is 32.9 Å². The maximum absolute atomic E-state index is 12.0. The molecule has 0 saturated heterocycles. The van der Waals surface area contributed by atoms with Gasteiger partial charge in [-0.2, -0.15) is 0 Å². The highest BCUT2D eigenvalue weighted by molar-refractivity contribution is 6.98. The summed E-state index contributed by atoms with van der Waals surface area (Å²) in [6, 6.07) is 20.2. The van der Waals surface area contributed by atoms with E-state index in [0.29, 0.717) is 6.61 Å². The molecule has 3 N–H and O–H groups in total. The quantitative estimate of drug-likeness (QED) is 0.723. The molecule has 2 aromatic carbocycles. The van der Waals surface area contributed by atoms with Gasteiger partial charge < -0.3 is 15.3 Å². The number of nitrogens with two attached hydrogens (primary N) is 1. The number of rotatable bonds is 8. The fourth-order valence-corrected chi connectivity index (χ4v) is 7.08. The molecule has 24 heavy (non-hydrogen) atoms. The molecule has 0 saturated carbocycles. The highest BCUT2D eigenvalue weighted by atomic mass is 28.4. The van der Waals surface area contributed by atoms with Gasteiger partial charge in [-0.25, -0.2) is 0 Å². The molecule has 0 fully saturated rings. The molecule has 0 amide bonds. The summed E-state index contributed by atoms with van der Waals surface area (Å²) >= 11 is 0. The number of methoxy groups -OCH3 is 1.